The minimum Gasteiger partial charge on any atom is -0.445 e. The fraction of sp³-hybridized carbons (Fsp3) is 0.238. The molecule has 0 spiro atoms. The van der Waals surface area contributed by atoms with Crippen molar-refractivity contribution < 1.29 is 14.3 Å². The third kappa shape index (κ3) is 3.66. The number of carbonyl (C=O) groups is 2. The number of hydrogen-bond acceptors (Lipinski definition) is 5. The van der Waals surface area contributed by atoms with Crippen LogP contribution in [0.1, 0.15) is 15.9 Å². The number of fused-ring (bicyclic) bond motifs is 1. The van der Waals surface area contributed by atoms with Crippen LogP contribution in [0.5, 0.6) is 0 Å². The molecule has 1 aliphatic rings. The molecule has 1 aromatic heterocycles. The van der Waals surface area contributed by atoms with Crippen LogP contribution in [-0.2, 0) is 11.3 Å². The lowest BCUT2D eigenvalue weighted by molar-refractivity contribution is 0.0942. The molecule has 6 heteroatoms. The van der Waals surface area contributed by atoms with E-state index in [1.165, 1.54) is 0 Å². The van der Waals surface area contributed by atoms with Crippen molar-refractivity contribution >= 4 is 39.5 Å². The van der Waals surface area contributed by atoms with Gasteiger partial charge in [0.1, 0.15) is 6.61 Å². The second kappa shape index (κ2) is 7.80. The first kappa shape index (κ1) is 17.5. The summed E-state index contributed by atoms with van der Waals surface area (Å²) in [5.74, 6) is 0. The average Bonchev–Trinajstić information content (AvgIpc) is 3.16. The zero-order chi connectivity index (χ0) is 18.6. The Morgan fingerprint density at radius 3 is 2.56 bits per heavy atom. The third-order valence-electron chi connectivity index (χ3n) is 4.82. The summed E-state index contributed by atoms with van der Waals surface area (Å²) in [6.07, 6.45) is 0.639. The summed E-state index contributed by atoms with van der Waals surface area (Å²) in [4.78, 5) is 27.7. The van der Waals surface area contributed by atoms with E-state index in [2.05, 4.69) is 4.90 Å². The molecular weight excluding hydrogens is 360 g/mol. The van der Waals surface area contributed by atoms with Crippen LogP contribution >= 0.6 is 11.3 Å². The highest BCUT2D eigenvalue weighted by Gasteiger charge is 2.24. The van der Waals surface area contributed by atoms with Gasteiger partial charge in [-0.1, -0.05) is 36.4 Å². The largest absolute Gasteiger partial charge is 0.445 e. The summed E-state index contributed by atoms with van der Waals surface area (Å²) in [5.41, 5.74) is 2.78. The van der Waals surface area contributed by atoms with Gasteiger partial charge in [-0.15, -0.1) is 11.3 Å². The molecular formula is C21H20N2O3S. The molecule has 1 amide bonds. The number of hydrogen-bond donors (Lipinski definition) is 0. The van der Waals surface area contributed by atoms with Crippen molar-refractivity contribution in [1.82, 2.24) is 4.90 Å². The van der Waals surface area contributed by atoms with Gasteiger partial charge in [-0.05, 0) is 17.7 Å². The monoisotopic (exact) mass is 380 g/mol. The summed E-state index contributed by atoms with van der Waals surface area (Å²) in [7, 11) is 0. The van der Waals surface area contributed by atoms with Crippen molar-refractivity contribution in [2.75, 3.05) is 31.1 Å². The Morgan fingerprint density at radius 2 is 1.81 bits per heavy atom. The lowest BCUT2D eigenvalue weighted by Crippen LogP contribution is -2.49. The summed E-state index contributed by atoms with van der Waals surface area (Å²) < 4.78 is 6.54. The Bertz CT molecular complexity index is 946. The van der Waals surface area contributed by atoms with E-state index in [4.69, 9.17) is 4.74 Å². The van der Waals surface area contributed by atoms with E-state index in [9.17, 15) is 9.59 Å². The SMILES string of the molecule is O=Cc1csc2cccc(N3CCN(C(=O)OCc4ccccc4)CC3)c12. The molecule has 1 saturated heterocycles. The molecule has 2 aromatic carbocycles. The fourth-order valence-electron chi connectivity index (χ4n) is 3.38. The molecule has 0 bridgehead atoms. The van der Waals surface area contributed by atoms with E-state index in [0.29, 0.717) is 26.2 Å². The van der Waals surface area contributed by atoms with Crippen LogP contribution in [0.15, 0.2) is 53.9 Å². The van der Waals surface area contributed by atoms with Gasteiger partial charge >= 0.3 is 6.09 Å². The number of piperazine rings is 1. The molecule has 0 radical (unpaired) electrons. The van der Waals surface area contributed by atoms with Crippen LogP contribution in [-0.4, -0.2) is 43.5 Å². The topological polar surface area (TPSA) is 49.9 Å². The molecule has 3 aromatic rings. The Kier molecular flexibility index (Phi) is 5.07. The van der Waals surface area contributed by atoms with Gasteiger partial charge in [0.15, 0.2) is 6.29 Å². The maximum absolute atomic E-state index is 12.3. The van der Waals surface area contributed by atoms with Gasteiger partial charge in [0.25, 0.3) is 0 Å². The summed E-state index contributed by atoms with van der Waals surface area (Å²) in [5, 5.41) is 2.91. The molecule has 0 saturated carbocycles. The van der Waals surface area contributed by atoms with Crippen LogP contribution in [0.3, 0.4) is 0 Å². The number of thiophene rings is 1. The van der Waals surface area contributed by atoms with E-state index in [1.54, 1.807) is 16.2 Å². The molecule has 0 atom stereocenters. The number of benzene rings is 2. The lowest BCUT2D eigenvalue weighted by Gasteiger charge is -2.36. The van der Waals surface area contributed by atoms with E-state index in [0.717, 1.165) is 33.2 Å². The van der Waals surface area contributed by atoms with Crippen molar-refractivity contribution in [3.05, 3.63) is 65.0 Å². The Balaban J connectivity index is 1.40. The standard InChI is InChI=1S/C21H20N2O3S/c24-13-17-15-27-19-8-4-7-18(20(17)19)22-9-11-23(12-10-22)21(25)26-14-16-5-2-1-3-6-16/h1-8,13,15H,9-12,14H2. The normalized spacial score (nSPS) is 14.4. The number of rotatable bonds is 4. The quantitative estimate of drug-likeness (QED) is 0.638. The predicted molar refractivity (Wildman–Crippen MR) is 108 cm³/mol. The van der Waals surface area contributed by atoms with Gasteiger partial charge in [-0.3, -0.25) is 4.79 Å². The fourth-order valence-corrected chi connectivity index (χ4v) is 4.31. The molecule has 0 unspecified atom stereocenters. The van der Waals surface area contributed by atoms with E-state index < -0.39 is 0 Å². The smallest absolute Gasteiger partial charge is 0.410 e. The molecule has 138 valence electrons. The highest BCUT2D eigenvalue weighted by Crippen LogP contribution is 2.34. The number of anilines is 1. The summed E-state index contributed by atoms with van der Waals surface area (Å²) in [6.45, 7) is 2.92. The summed E-state index contributed by atoms with van der Waals surface area (Å²) in [6, 6.07) is 15.8. The van der Waals surface area contributed by atoms with Gasteiger partial charge in [0, 0.05) is 52.9 Å². The van der Waals surface area contributed by atoms with E-state index in [-0.39, 0.29) is 12.7 Å². The number of carbonyl (C=O) groups excluding carboxylic acids is 2. The second-order valence-corrected chi connectivity index (χ2v) is 7.38. The minimum atomic E-state index is -0.277. The van der Waals surface area contributed by atoms with Gasteiger partial charge in [0.2, 0.25) is 0 Å². The minimum absolute atomic E-state index is 0.277. The van der Waals surface area contributed by atoms with Crippen LogP contribution in [0.4, 0.5) is 10.5 Å². The summed E-state index contributed by atoms with van der Waals surface area (Å²) >= 11 is 1.58. The Hall–Kier alpha value is -2.86. The molecule has 1 aliphatic heterocycles. The first-order valence-corrected chi connectivity index (χ1v) is 9.80. The lowest BCUT2D eigenvalue weighted by atomic mass is 10.1. The third-order valence-corrected chi connectivity index (χ3v) is 5.78. The van der Waals surface area contributed by atoms with Gasteiger partial charge in [0.05, 0.1) is 0 Å². The maximum Gasteiger partial charge on any atom is 0.410 e. The van der Waals surface area contributed by atoms with Gasteiger partial charge in [-0.2, -0.15) is 0 Å². The van der Waals surface area contributed by atoms with Crippen LogP contribution in [0.2, 0.25) is 0 Å². The van der Waals surface area contributed by atoms with Crippen LogP contribution in [0, 0.1) is 0 Å². The van der Waals surface area contributed by atoms with Gasteiger partial charge < -0.3 is 14.5 Å². The zero-order valence-corrected chi connectivity index (χ0v) is 15.7. The van der Waals surface area contributed by atoms with Gasteiger partial charge in [-0.25, -0.2) is 4.79 Å². The molecule has 2 heterocycles. The average molecular weight is 380 g/mol. The highest BCUT2D eigenvalue weighted by atomic mass is 32.1. The second-order valence-electron chi connectivity index (χ2n) is 6.47. The molecule has 1 fully saturated rings. The number of amides is 1. The molecule has 4 rings (SSSR count). The predicted octanol–water partition coefficient (Wildman–Crippen LogP) is 4.17. The first-order chi connectivity index (χ1) is 13.3. The van der Waals surface area contributed by atoms with Crippen molar-refractivity contribution in [1.29, 1.82) is 0 Å². The van der Waals surface area contributed by atoms with Crippen molar-refractivity contribution in [2.45, 2.75) is 6.61 Å². The van der Waals surface area contributed by atoms with Crippen LogP contribution in [0.25, 0.3) is 10.1 Å². The Labute approximate surface area is 161 Å². The molecule has 0 N–H and O–H groups in total. The van der Waals surface area contributed by atoms with E-state index in [1.807, 2.05) is 53.9 Å². The highest BCUT2D eigenvalue weighted by molar-refractivity contribution is 7.17. The van der Waals surface area contributed by atoms with Crippen LogP contribution < -0.4 is 4.90 Å². The van der Waals surface area contributed by atoms with Crippen molar-refractivity contribution in [2.24, 2.45) is 0 Å². The number of aldehydes is 1. The van der Waals surface area contributed by atoms with E-state index >= 15 is 0 Å². The molecule has 5 nitrogen and oxygen atoms in total. The number of nitrogens with zero attached hydrogens (tertiary/aromatic N) is 2. The molecule has 0 aliphatic carbocycles. The van der Waals surface area contributed by atoms with Crippen molar-refractivity contribution in [3.8, 4) is 0 Å². The Morgan fingerprint density at radius 1 is 1.04 bits per heavy atom. The zero-order valence-electron chi connectivity index (χ0n) is 14.8. The first-order valence-electron chi connectivity index (χ1n) is 8.92. The maximum atomic E-state index is 12.3. The number of ether oxygens (including phenoxy) is 1. The van der Waals surface area contributed by atoms with Crippen molar-refractivity contribution in [3.63, 3.8) is 0 Å². The molecule has 27 heavy (non-hydrogen) atoms.